The Morgan fingerprint density at radius 2 is 1.92 bits per heavy atom. The Labute approximate surface area is 145 Å². The first-order chi connectivity index (χ1) is 11.7. The number of hydrogen-bond acceptors (Lipinski definition) is 5. The van der Waals surface area contributed by atoms with Crippen molar-refractivity contribution < 1.29 is 9.53 Å². The first-order valence-corrected chi connectivity index (χ1v) is 8.61. The highest BCUT2D eigenvalue weighted by Crippen LogP contribution is 2.33. The quantitative estimate of drug-likeness (QED) is 0.631. The van der Waals surface area contributed by atoms with Crippen molar-refractivity contribution in [2.24, 2.45) is 0 Å². The zero-order chi connectivity index (χ0) is 16.9. The predicted octanol–water partition coefficient (Wildman–Crippen LogP) is 5.16. The van der Waals surface area contributed by atoms with Crippen LogP contribution in [0.25, 0.3) is 11.3 Å². The predicted molar refractivity (Wildman–Crippen MR) is 98.4 cm³/mol. The number of thiazole rings is 1. The van der Waals surface area contributed by atoms with Crippen molar-refractivity contribution in [1.29, 1.82) is 0 Å². The van der Waals surface area contributed by atoms with E-state index in [0.717, 1.165) is 27.8 Å². The topological polar surface area (TPSA) is 51.2 Å². The molecule has 0 radical (unpaired) electrons. The molecule has 1 N–H and O–H groups in total. The lowest BCUT2D eigenvalue weighted by atomic mass is 10.1. The maximum absolute atomic E-state index is 11.3. The zero-order valence-corrected chi connectivity index (χ0v) is 14.4. The smallest absolute Gasteiger partial charge is 0.187 e. The second-order valence-corrected chi connectivity index (χ2v) is 6.08. The summed E-state index contributed by atoms with van der Waals surface area (Å²) in [5.41, 5.74) is 3.47. The molecule has 0 aliphatic carbocycles. The summed E-state index contributed by atoms with van der Waals surface area (Å²) in [5, 5.41) is 6.07. The number of benzene rings is 2. The fraction of sp³-hybridized carbons (Fsp3) is 0.158. The van der Waals surface area contributed by atoms with Crippen molar-refractivity contribution >= 4 is 27.9 Å². The summed E-state index contributed by atoms with van der Waals surface area (Å²) in [5.74, 6) is 0.897. The van der Waals surface area contributed by atoms with Crippen LogP contribution in [0, 0.1) is 0 Å². The molecule has 4 nitrogen and oxygen atoms in total. The molecule has 1 aromatic heterocycles. The Kier molecular flexibility index (Phi) is 4.91. The first-order valence-electron chi connectivity index (χ1n) is 7.73. The zero-order valence-electron chi connectivity index (χ0n) is 13.6. The molecule has 0 bridgehead atoms. The van der Waals surface area contributed by atoms with Crippen LogP contribution in [0.5, 0.6) is 5.75 Å². The Bertz CT molecular complexity index is 841. The lowest BCUT2D eigenvalue weighted by molar-refractivity contribution is 0.101. The molecule has 0 amide bonds. The highest BCUT2D eigenvalue weighted by molar-refractivity contribution is 7.14. The van der Waals surface area contributed by atoms with Gasteiger partial charge in [0.15, 0.2) is 10.9 Å². The van der Waals surface area contributed by atoms with Crippen LogP contribution in [-0.2, 0) is 0 Å². The average molecular weight is 338 g/mol. The van der Waals surface area contributed by atoms with Gasteiger partial charge >= 0.3 is 0 Å². The normalized spacial score (nSPS) is 10.4. The molecule has 0 atom stereocenters. The minimum absolute atomic E-state index is 0.0608. The third-order valence-electron chi connectivity index (χ3n) is 3.51. The number of Topliss-reactive ketones (excluding diaryl/α,β-unsaturated/α-hetero) is 1. The van der Waals surface area contributed by atoms with Crippen molar-refractivity contribution in [1.82, 2.24) is 4.98 Å². The summed E-state index contributed by atoms with van der Waals surface area (Å²) < 4.78 is 5.67. The Morgan fingerprint density at radius 3 is 2.62 bits per heavy atom. The van der Waals surface area contributed by atoms with Crippen molar-refractivity contribution in [3.05, 3.63) is 59.5 Å². The van der Waals surface area contributed by atoms with Crippen LogP contribution >= 0.6 is 11.3 Å². The monoisotopic (exact) mass is 338 g/mol. The highest BCUT2D eigenvalue weighted by atomic mass is 32.1. The van der Waals surface area contributed by atoms with Crippen LogP contribution in [0.2, 0.25) is 0 Å². The van der Waals surface area contributed by atoms with Crippen molar-refractivity contribution in [2.75, 3.05) is 11.9 Å². The summed E-state index contributed by atoms with van der Waals surface area (Å²) in [6, 6.07) is 15.3. The van der Waals surface area contributed by atoms with E-state index in [1.165, 1.54) is 11.3 Å². The fourth-order valence-electron chi connectivity index (χ4n) is 2.33. The molecule has 0 saturated heterocycles. The Morgan fingerprint density at radius 1 is 1.17 bits per heavy atom. The number of rotatable bonds is 6. The molecule has 3 rings (SSSR count). The number of nitrogens with one attached hydrogen (secondary N) is 1. The molecule has 0 fully saturated rings. The van der Waals surface area contributed by atoms with Crippen molar-refractivity contribution in [3.63, 3.8) is 0 Å². The van der Waals surface area contributed by atoms with Crippen LogP contribution in [0.1, 0.15) is 24.2 Å². The van der Waals surface area contributed by atoms with Crippen LogP contribution in [-0.4, -0.2) is 17.4 Å². The fourth-order valence-corrected chi connectivity index (χ4v) is 3.06. The second kappa shape index (κ2) is 7.27. The number of carbonyl (C=O) groups is 1. The molecule has 1 heterocycles. The van der Waals surface area contributed by atoms with Crippen LogP contribution in [0.15, 0.2) is 53.9 Å². The van der Waals surface area contributed by atoms with Crippen molar-refractivity contribution in [3.8, 4) is 17.0 Å². The van der Waals surface area contributed by atoms with E-state index in [1.54, 1.807) is 6.92 Å². The summed E-state index contributed by atoms with van der Waals surface area (Å²) in [7, 11) is 0. The maximum Gasteiger partial charge on any atom is 0.187 e. The number of anilines is 2. The molecular formula is C19H18N2O2S. The molecule has 2 aromatic carbocycles. The molecule has 0 aliphatic heterocycles. The number of para-hydroxylation sites is 1. The van der Waals surface area contributed by atoms with E-state index >= 15 is 0 Å². The molecule has 0 spiro atoms. The van der Waals surface area contributed by atoms with Crippen LogP contribution < -0.4 is 10.1 Å². The lowest BCUT2D eigenvalue weighted by Gasteiger charge is -2.07. The molecule has 0 aliphatic rings. The van der Waals surface area contributed by atoms with Gasteiger partial charge in [0.1, 0.15) is 5.75 Å². The van der Waals surface area contributed by atoms with E-state index in [1.807, 2.05) is 60.8 Å². The number of ketones is 1. The molecule has 5 heteroatoms. The van der Waals surface area contributed by atoms with E-state index in [-0.39, 0.29) is 5.78 Å². The molecule has 24 heavy (non-hydrogen) atoms. The van der Waals surface area contributed by atoms with Gasteiger partial charge in [-0.25, -0.2) is 4.98 Å². The van der Waals surface area contributed by atoms with Crippen LogP contribution in [0.4, 0.5) is 10.8 Å². The third kappa shape index (κ3) is 3.63. The largest absolute Gasteiger partial charge is 0.493 e. The van der Waals surface area contributed by atoms with E-state index in [4.69, 9.17) is 4.74 Å². The van der Waals surface area contributed by atoms with Gasteiger partial charge in [0.05, 0.1) is 12.3 Å². The highest BCUT2D eigenvalue weighted by Gasteiger charge is 2.10. The summed E-state index contributed by atoms with van der Waals surface area (Å²) >= 11 is 1.53. The maximum atomic E-state index is 11.3. The Hall–Kier alpha value is -2.66. The van der Waals surface area contributed by atoms with Crippen LogP contribution in [0.3, 0.4) is 0 Å². The Balaban J connectivity index is 1.80. The van der Waals surface area contributed by atoms with E-state index in [9.17, 15) is 4.79 Å². The van der Waals surface area contributed by atoms with Gasteiger partial charge < -0.3 is 10.1 Å². The summed E-state index contributed by atoms with van der Waals surface area (Å²) in [6.45, 7) is 4.15. The lowest BCUT2D eigenvalue weighted by Crippen LogP contribution is -1.95. The first kappa shape index (κ1) is 16.2. The second-order valence-electron chi connectivity index (χ2n) is 5.23. The SMILES string of the molecule is CCOc1ccccc1-c1csc(Nc2ccc(C(C)=O)cc2)n1. The number of hydrogen-bond donors (Lipinski definition) is 1. The summed E-state index contributed by atoms with van der Waals surface area (Å²) in [6.07, 6.45) is 0. The molecule has 0 unspecified atom stereocenters. The van der Waals surface area contributed by atoms with Gasteiger partial charge in [-0.05, 0) is 50.2 Å². The average Bonchev–Trinajstić information content (AvgIpc) is 3.04. The van der Waals surface area contributed by atoms with Gasteiger partial charge in [-0.3, -0.25) is 4.79 Å². The van der Waals surface area contributed by atoms with Gasteiger partial charge in [0.2, 0.25) is 0 Å². The van der Waals surface area contributed by atoms with E-state index in [0.29, 0.717) is 12.2 Å². The molecular weight excluding hydrogens is 320 g/mol. The number of ether oxygens (including phenoxy) is 1. The minimum Gasteiger partial charge on any atom is -0.493 e. The molecule has 122 valence electrons. The van der Waals surface area contributed by atoms with E-state index in [2.05, 4.69) is 10.3 Å². The van der Waals surface area contributed by atoms with Gasteiger partial charge in [0.25, 0.3) is 0 Å². The van der Waals surface area contributed by atoms with Gasteiger partial charge in [0, 0.05) is 22.2 Å². The standard InChI is InChI=1S/C19H18N2O2S/c1-3-23-18-7-5-4-6-16(18)17-12-24-19(21-17)20-15-10-8-14(9-11-15)13(2)22/h4-12H,3H2,1-2H3,(H,20,21). The molecule has 3 aromatic rings. The van der Waals surface area contributed by atoms with Gasteiger partial charge in [-0.1, -0.05) is 12.1 Å². The third-order valence-corrected chi connectivity index (χ3v) is 4.27. The van der Waals surface area contributed by atoms with E-state index < -0.39 is 0 Å². The minimum atomic E-state index is 0.0608. The molecule has 0 saturated carbocycles. The van der Waals surface area contributed by atoms with Crippen molar-refractivity contribution in [2.45, 2.75) is 13.8 Å². The summed E-state index contributed by atoms with van der Waals surface area (Å²) in [4.78, 5) is 16.0. The number of carbonyl (C=O) groups excluding carboxylic acids is 1. The number of nitrogens with zero attached hydrogens (tertiary/aromatic N) is 1. The van der Waals surface area contributed by atoms with Gasteiger partial charge in [-0.15, -0.1) is 11.3 Å². The van der Waals surface area contributed by atoms with Gasteiger partial charge in [-0.2, -0.15) is 0 Å². The number of aromatic nitrogens is 1.